The first-order valence-corrected chi connectivity index (χ1v) is 4.49. The summed E-state index contributed by atoms with van der Waals surface area (Å²) in [7, 11) is 0. The summed E-state index contributed by atoms with van der Waals surface area (Å²) in [6.07, 6.45) is -0.609. The van der Waals surface area contributed by atoms with Crippen LogP contribution >= 0.6 is 0 Å². The van der Waals surface area contributed by atoms with Crippen LogP contribution in [0.15, 0.2) is 12.1 Å². The quantitative estimate of drug-likeness (QED) is 0.468. The molecule has 0 amide bonds. The van der Waals surface area contributed by atoms with E-state index in [2.05, 4.69) is 0 Å². The Balaban J connectivity index is 3.53. The summed E-state index contributed by atoms with van der Waals surface area (Å²) in [6, 6.07) is 1.68. The first-order valence-electron chi connectivity index (χ1n) is 4.49. The average Bonchev–Trinajstić information content (AvgIpc) is 2.26. The van der Waals surface area contributed by atoms with Crippen molar-refractivity contribution in [3.05, 3.63) is 43.5 Å². The highest BCUT2D eigenvalue weighted by atomic mass is 16.6. The van der Waals surface area contributed by atoms with Crippen molar-refractivity contribution in [2.75, 3.05) is 0 Å². The standard InChI is InChI=1S/C9H6N2O7/c12-4-6-7(10(15)16)1-5(3-9(13)14)2-8(6)11(17)18/h1-2,4H,3H2,(H,13,14). The van der Waals surface area contributed by atoms with E-state index >= 15 is 0 Å². The summed E-state index contributed by atoms with van der Waals surface area (Å²) >= 11 is 0. The Bertz CT molecular complexity index is 517. The summed E-state index contributed by atoms with van der Waals surface area (Å²) in [5.41, 5.74) is -2.36. The Morgan fingerprint density at radius 1 is 1.22 bits per heavy atom. The lowest BCUT2D eigenvalue weighted by atomic mass is 10.1. The topological polar surface area (TPSA) is 141 Å². The molecule has 0 aliphatic carbocycles. The molecule has 1 aromatic rings. The van der Waals surface area contributed by atoms with Gasteiger partial charge in [-0.25, -0.2) is 0 Å². The van der Waals surface area contributed by atoms with Crippen LogP contribution in [0.1, 0.15) is 15.9 Å². The number of nitrogens with zero attached hydrogens (tertiary/aromatic N) is 2. The minimum Gasteiger partial charge on any atom is -0.481 e. The lowest BCUT2D eigenvalue weighted by Crippen LogP contribution is -2.05. The molecule has 0 aliphatic heterocycles. The zero-order chi connectivity index (χ0) is 13.9. The largest absolute Gasteiger partial charge is 0.481 e. The molecule has 0 saturated carbocycles. The molecule has 0 atom stereocenters. The van der Waals surface area contributed by atoms with E-state index in [1.54, 1.807) is 0 Å². The number of hydrogen-bond acceptors (Lipinski definition) is 6. The van der Waals surface area contributed by atoms with Crippen LogP contribution in [0, 0.1) is 20.2 Å². The first kappa shape index (κ1) is 13.2. The van der Waals surface area contributed by atoms with Gasteiger partial charge >= 0.3 is 5.97 Å². The zero-order valence-corrected chi connectivity index (χ0v) is 8.73. The van der Waals surface area contributed by atoms with Gasteiger partial charge in [-0.1, -0.05) is 0 Å². The Kier molecular flexibility index (Phi) is 3.67. The van der Waals surface area contributed by atoms with Gasteiger partial charge in [-0.05, 0) is 5.56 Å². The third-order valence-electron chi connectivity index (χ3n) is 2.06. The number of nitro groups is 2. The van der Waals surface area contributed by atoms with Gasteiger partial charge in [0.2, 0.25) is 0 Å². The molecule has 18 heavy (non-hydrogen) atoms. The van der Waals surface area contributed by atoms with E-state index in [0.717, 1.165) is 12.1 Å². The molecule has 94 valence electrons. The molecule has 0 aliphatic rings. The Morgan fingerprint density at radius 3 is 1.94 bits per heavy atom. The number of benzene rings is 1. The molecule has 0 radical (unpaired) electrons. The van der Waals surface area contributed by atoms with Crippen molar-refractivity contribution in [3.63, 3.8) is 0 Å². The van der Waals surface area contributed by atoms with Crippen molar-refractivity contribution in [2.45, 2.75) is 6.42 Å². The maximum absolute atomic E-state index is 10.7. The molecule has 0 bridgehead atoms. The van der Waals surface area contributed by atoms with E-state index in [9.17, 15) is 29.8 Å². The molecule has 0 saturated heterocycles. The third kappa shape index (κ3) is 2.64. The number of aliphatic carboxylic acids is 1. The van der Waals surface area contributed by atoms with Crippen molar-refractivity contribution < 1.29 is 24.5 Å². The van der Waals surface area contributed by atoms with E-state index in [0.29, 0.717) is 0 Å². The number of hydrogen-bond donors (Lipinski definition) is 1. The molecule has 0 heterocycles. The second kappa shape index (κ2) is 4.99. The highest BCUT2D eigenvalue weighted by Crippen LogP contribution is 2.28. The third-order valence-corrected chi connectivity index (χ3v) is 2.06. The van der Waals surface area contributed by atoms with Crippen LogP contribution in [0.3, 0.4) is 0 Å². The summed E-state index contributed by atoms with van der Waals surface area (Å²) in [4.78, 5) is 40.5. The number of rotatable bonds is 5. The van der Waals surface area contributed by atoms with Gasteiger partial charge in [0.05, 0.1) is 16.3 Å². The lowest BCUT2D eigenvalue weighted by molar-refractivity contribution is -0.394. The molecule has 9 nitrogen and oxygen atoms in total. The van der Waals surface area contributed by atoms with Crippen molar-refractivity contribution in [1.29, 1.82) is 0 Å². The fourth-order valence-electron chi connectivity index (χ4n) is 1.38. The second-order valence-corrected chi connectivity index (χ2v) is 3.25. The van der Waals surface area contributed by atoms with Crippen LogP contribution in [0.5, 0.6) is 0 Å². The predicted molar refractivity (Wildman–Crippen MR) is 56.5 cm³/mol. The number of carboxylic acid groups (broad SMARTS) is 1. The monoisotopic (exact) mass is 254 g/mol. The fourth-order valence-corrected chi connectivity index (χ4v) is 1.38. The summed E-state index contributed by atoms with van der Waals surface area (Å²) < 4.78 is 0. The minimum atomic E-state index is -1.29. The van der Waals surface area contributed by atoms with Gasteiger partial charge < -0.3 is 5.11 Å². The van der Waals surface area contributed by atoms with Crippen LogP contribution in [0.25, 0.3) is 0 Å². The molecule has 9 heteroatoms. The second-order valence-electron chi connectivity index (χ2n) is 3.25. The highest BCUT2D eigenvalue weighted by molar-refractivity contribution is 5.88. The smallest absolute Gasteiger partial charge is 0.307 e. The van der Waals surface area contributed by atoms with Gasteiger partial charge in [-0.2, -0.15) is 0 Å². The Labute approximate surface area is 98.9 Å². The molecule has 0 unspecified atom stereocenters. The van der Waals surface area contributed by atoms with Crippen molar-refractivity contribution >= 4 is 23.6 Å². The first-order chi connectivity index (χ1) is 8.36. The van der Waals surface area contributed by atoms with E-state index < -0.39 is 39.2 Å². The SMILES string of the molecule is O=Cc1c([N+](=O)[O-])cc(CC(=O)O)cc1[N+](=O)[O-]. The van der Waals surface area contributed by atoms with Gasteiger partial charge in [-0.3, -0.25) is 29.8 Å². The molecule has 0 spiro atoms. The van der Waals surface area contributed by atoms with Gasteiger partial charge in [-0.15, -0.1) is 0 Å². The van der Waals surface area contributed by atoms with Crippen molar-refractivity contribution in [3.8, 4) is 0 Å². The van der Waals surface area contributed by atoms with Crippen LogP contribution in [-0.4, -0.2) is 27.2 Å². The van der Waals surface area contributed by atoms with E-state index in [1.807, 2.05) is 0 Å². The Morgan fingerprint density at radius 2 is 1.67 bits per heavy atom. The van der Waals surface area contributed by atoms with Crippen LogP contribution in [0.2, 0.25) is 0 Å². The van der Waals surface area contributed by atoms with Crippen molar-refractivity contribution in [2.24, 2.45) is 0 Å². The normalized spacial score (nSPS) is 9.78. The van der Waals surface area contributed by atoms with Gasteiger partial charge in [0.25, 0.3) is 11.4 Å². The fraction of sp³-hybridized carbons (Fsp3) is 0.111. The predicted octanol–water partition coefficient (Wildman–Crippen LogP) is 0.943. The number of aldehydes is 1. The minimum absolute atomic E-state index is 0.000807. The maximum atomic E-state index is 10.7. The summed E-state index contributed by atoms with van der Waals surface area (Å²) in [5, 5.41) is 29.9. The van der Waals surface area contributed by atoms with Crippen LogP contribution < -0.4 is 0 Å². The van der Waals surface area contributed by atoms with Crippen molar-refractivity contribution in [1.82, 2.24) is 0 Å². The molecular weight excluding hydrogens is 248 g/mol. The van der Waals surface area contributed by atoms with Crippen LogP contribution in [-0.2, 0) is 11.2 Å². The summed E-state index contributed by atoms with van der Waals surface area (Å²) in [6.45, 7) is 0. The van der Waals surface area contributed by atoms with E-state index in [1.165, 1.54) is 0 Å². The summed E-state index contributed by atoms with van der Waals surface area (Å²) in [5.74, 6) is -1.29. The van der Waals surface area contributed by atoms with E-state index in [-0.39, 0.29) is 11.8 Å². The zero-order valence-electron chi connectivity index (χ0n) is 8.73. The molecule has 1 N–H and O–H groups in total. The number of carboxylic acids is 1. The number of carbonyl (C=O) groups excluding carboxylic acids is 1. The van der Waals surface area contributed by atoms with Gasteiger partial charge in [0.1, 0.15) is 0 Å². The van der Waals surface area contributed by atoms with Crippen LogP contribution in [0.4, 0.5) is 11.4 Å². The Hall–Kier alpha value is -2.84. The molecule has 0 fully saturated rings. The van der Waals surface area contributed by atoms with Gasteiger partial charge in [0, 0.05) is 12.1 Å². The highest BCUT2D eigenvalue weighted by Gasteiger charge is 2.26. The van der Waals surface area contributed by atoms with Gasteiger partial charge in [0.15, 0.2) is 11.8 Å². The molecule has 1 aromatic carbocycles. The molecule has 1 rings (SSSR count). The molecule has 0 aromatic heterocycles. The maximum Gasteiger partial charge on any atom is 0.307 e. The number of carbonyl (C=O) groups is 2. The van der Waals surface area contributed by atoms with E-state index in [4.69, 9.17) is 5.11 Å². The lowest BCUT2D eigenvalue weighted by Gasteiger charge is -2.01. The molecular formula is C9H6N2O7. The average molecular weight is 254 g/mol. The number of nitro benzene ring substituents is 2.